The molecule has 1 aromatic carbocycles. The van der Waals surface area contributed by atoms with Gasteiger partial charge < -0.3 is 4.74 Å². The summed E-state index contributed by atoms with van der Waals surface area (Å²) in [7, 11) is 0. The summed E-state index contributed by atoms with van der Waals surface area (Å²) in [5, 5.41) is 0. The fraction of sp³-hybridized carbons (Fsp3) is 0.684. The summed E-state index contributed by atoms with van der Waals surface area (Å²) in [5.74, 6) is 1.56. The summed E-state index contributed by atoms with van der Waals surface area (Å²) in [6, 6.07) is 8.72. The second kappa shape index (κ2) is 6.65. The summed E-state index contributed by atoms with van der Waals surface area (Å²) in [5.41, 5.74) is 2.05. The predicted molar refractivity (Wildman–Crippen MR) is 88.5 cm³/mol. The summed E-state index contributed by atoms with van der Waals surface area (Å²) >= 11 is 0. The lowest BCUT2D eigenvalue weighted by molar-refractivity contribution is 0.229. The Labute approximate surface area is 125 Å². The lowest BCUT2D eigenvalue weighted by Crippen LogP contribution is -2.23. The van der Waals surface area contributed by atoms with Gasteiger partial charge in [-0.05, 0) is 47.3 Å². The largest absolute Gasteiger partial charge is 0.494 e. The minimum atomic E-state index is 0.277. The van der Waals surface area contributed by atoms with Crippen molar-refractivity contribution >= 4 is 0 Å². The van der Waals surface area contributed by atoms with Crippen LogP contribution in [0.2, 0.25) is 0 Å². The lowest BCUT2D eigenvalue weighted by Gasteiger charge is -2.36. The van der Waals surface area contributed by atoms with Crippen molar-refractivity contribution in [3.63, 3.8) is 0 Å². The second-order valence-electron chi connectivity index (χ2n) is 8.10. The smallest absolute Gasteiger partial charge is 0.119 e. The molecule has 0 fully saturated rings. The number of ether oxygens (including phenoxy) is 1. The van der Waals surface area contributed by atoms with E-state index in [1.165, 1.54) is 12.0 Å². The van der Waals surface area contributed by atoms with Gasteiger partial charge in [0.1, 0.15) is 5.75 Å². The highest BCUT2D eigenvalue weighted by Gasteiger charge is 2.30. The molecule has 0 heterocycles. The van der Waals surface area contributed by atoms with E-state index >= 15 is 0 Å². The minimum absolute atomic E-state index is 0.277. The van der Waals surface area contributed by atoms with Crippen molar-refractivity contribution in [2.45, 2.75) is 67.2 Å². The van der Waals surface area contributed by atoms with E-state index < -0.39 is 0 Å². The molecule has 1 heteroatoms. The van der Waals surface area contributed by atoms with Gasteiger partial charge in [-0.15, -0.1) is 0 Å². The minimum Gasteiger partial charge on any atom is -0.494 e. The van der Waals surface area contributed by atoms with E-state index in [0.29, 0.717) is 11.3 Å². The SMILES string of the molecule is CCCOc1ccc(C(CC(C)(C)C)C(C)(C)C)cc1. The van der Waals surface area contributed by atoms with Gasteiger partial charge in [-0.2, -0.15) is 0 Å². The fourth-order valence-corrected chi connectivity index (χ4v) is 2.55. The molecule has 1 nitrogen and oxygen atoms in total. The van der Waals surface area contributed by atoms with Crippen LogP contribution in [0.3, 0.4) is 0 Å². The van der Waals surface area contributed by atoms with Crippen molar-refractivity contribution in [2.75, 3.05) is 6.61 Å². The third-order valence-corrected chi connectivity index (χ3v) is 3.62. The Morgan fingerprint density at radius 3 is 1.90 bits per heavy atom. The molecule has 0 saturated heterocycles. The van der Waals surface area contributed by atoms with E-state index in [4.69, 9.17) is 4.74 Å². The first-order valence-electron chi connectivity index (χ1n) is 7.86. The number of hydrogen-bond donors (Lipinski definition) is 0. The van der Waals surface area contributed by atoms with Crippen molar-refractivity contribution < 1.29 is 4.74 Å². The molecule has 0 aromatic heterocycles. The van der Waals surface area contributed by atoms with Gasteiger partial charge in [0, 0.05) is 0 Å². The van der Waals surface area contributed by atoms with E-state index in [0.717, 1.165) is 18.8 Å². The highest BCUT2D eigenvalue weighted by atomic mass is 16.5. The van der Waals surface area contributed by atoms with E-state index in [1.807, 2.05) is 0 Å². The van der Waals surface area contributed by atoms with Gasteiger partial charge in [-0.3, -0.25) is 0 Å². The van der Waals surface area contributed by atoms with E-state index in [1.54, 1.807) is 0 Å². The number of hydrogen-bond acceptors (Lipinski definition) is 1. The summed E-state index contributed by atoms with van der Waals surface area (Å²) < 4.78 is 5.68. The van der Waals surface area contributed by atoms with Crippen LogP contribution in [-0.4, -0.2) is 6.61 Å². The molecule has 0 bridgehead atoms. The second-order valence-corrected chi connectivity index (χ2v) is 8.10. The molecule has 0 spiro atoms. The highest BCUT2D eigenvalue weighted by Crippen LogP contribution is 2.43. The molecule has 1 unspecified atom stereocenters. The molecule has 0 aliphatic rings. The first-order valence-corrected chi connectivity index (χ1v) is 7.86. The Bertz CT molecular complexity index is 389. The van der Waals surface area contributed by atoms with Gasteiger partial charge in [0.05, 0.1) is 6.61 Å². The normalized spacial score (nSPS) is 14.2. The monoisotopic (exact) mass is 276 g/mol. The topological polar surface area (TPSA) is 9.23 Å². The van der Waals surface area contributed by atoms with Gasteiger partial charge in [0.2, 0.25) is 0 Å². The fourth-order valence-electron chi connectivity index (χ4n) is 2.55. The molecule has 0 radical (unpaired) electrons. The average molecular weight is 276 g/mol. The van der Waals surface area contributed by atoms with Gasteiger partial charge >= 0.3 is 0 Å². The molecular formula is C19H32O. The van der Waals surface area contributed by atoms with Crippen LogP contribution in [0.15, 0.2) is 24.3 Å². The lowest BCUT2D eigenvalue weighted by atomic mass is 9.69. The van der Waals surface area contributed by atoms with E-state index in [9.17, 15) is 0 Å². The van der Waals surface area contributed by atoms with Crippen LogP contribution in [0.4, 0.5) is 0 Å². The Morgan fingerprint density at radius 1 is 0.950 bits per heavy atom. The van der Waals surface area contributed by atoms with Crippen molar-refractivity contribution in [3.05, 3.63) is 29.8 Å². The zero-order valence-electron chi connectivity index (χ0n) is 14.4. The molecule has 114 valence electrons. The molecule has 1 rings (SSSR count). The van der Waals surface area contributed by atoms with Crippen LogP contribution < -0.4 is 4.74 Å². The molecule has 0 N–H and O–H groups in total. The van der Waals surface area contributed by atoms with E-state index in [-0.39, 0.29) is 5.41 Å². The average Bonchev–Trinajstić information content (AvgIpc) is 2.32. The van der Waals surface area contributed by atoms with Crippen LogP contribution in [0.1, 0.15) is 72.8 Å². The van der Waals surface area contributed by atoms with E-state index in [2.05, 4.69) is 72.7 Å². The Kier molecular flexibility index (Phi) is 5.68. The summed E-state index contributed by atoms with van der Waals surface area (Å²) in [4.78, 5) is 0. The maximum Gasteiger partial charge on any atom is 0.119 e. The molecule has 0 saturated carbocycles. The van der Waals surface area contributed by atoms with Crippen LogP contribution in [0.5, 0.6) is 5.75 Å². The molecule has 1 aromatic rings. The number of rotatable bonds is 5. The van der Waals surface area contributed by atoms with Crippen LogP contribution in [0, 0.1) is 10.8 Å². The van der Waals surface area contributed by atoms with Crippen molar-refractivity contribution in [2.24, 2.45) is 10.8 Å². The standard InChI is InChI=1S/C19H32O/c1-8-13-20-16-11-9-15(10-12-16)17(19(5,6)7)14-18(2,3)4/h9-12,17H,8,13-14H2,1-7H3. The first-order chi connectivity index (χ1) is 9.13. The van der Waals surface area contributed by atoms with Crippen molar-refractivity contribution in [1.82, 2.24) is 0 Å². The van der Waals surface area contributed by atoms with Gasteiger partial charge in [-0.1, -0.05) is 60.6 Å². The highest BCUT2D eigenvalue weighted by molar-refractivity contribution is 5.30. The van der Waals surface area contributed by atoms with Gasteiger partial charge in [0.15, 0.2) is 0 Å². The summed E-state index contributed by atoms with van der Waals surface area (Å²) in [6.07, 6.45) is 2.25. The Morgan fingerprint density at radius 2 is 1.50 bits per heavy atom. The maximum atomic E-state index is 5.68. The predicted octanol–water partition coefficient (Wildman–Crippen LogP) is 6.04. The Balaban J connectivity index is 2.91. The number of benzene rings is 1. The molecule has 0 aliphatic heterocycles. The van der Waals surface area contributed by atoms with Crippen LogP contribution in [0.25, 0.3) is 0 Å². The van der Waals surface area contributed by atoms with Crippen molar-refractivity contribution in [1.29, 1.82) is 0 Å². The zero-order valence-corrected chi connectivity index (χ0v) is 14.4. The van der Waals surface area contributed by atoms with Crippen LogP contribution >= 0.6 is 0 Å². The molecule has 0 aliphatic carbocycles. The molecule has 20 heavy (non-hydrogen) atoms. The van der Waals surface area contributed by atoms with Gasteiger partial charge in [-0.25, -0.2) is 0 Å². The first kappa shape index (κ1) is 17.1. The summed E-state index contributed by atoms with van der Waals surface area (Å²) in [6.45, 7) is 16.9. The quantitative estimate of drug-likeness (QED) is 0.637. The zero-order chi connectivity index (χ0) is 15.4. The van der Waals surface area contributed by atoms with Gasteiger partial charge in [0.25, 0.3) is 0 Å². The molecular weight excluding hydrogens is 244 g/mol. The van der Waals surface area contributed by atoms with Crippen LogP contribution in [-0.2, 0) is 0 Å². The van der Waals surface area contributed by atoms with Crippen molar-refractivity contribution in [3.8, 4) is 5.75 Å². The molecule has 1 atom stereocenters. The molecule has 0 amide bonds. The Hall–Kier alpha value is -0.980. The third-order valence-electron chi connectivity index (χ3n) is 3.62. The third kappa shape index (κ3) is 5.56. The maximum absolute atomic E-state index is 5.68.